The predicted octanol–water partition coefficient (Wildman–Crippen LogP) is 4.15. The van der Waals surface area contributed by atoms with Crippen LogP contribution in [0.15, 0.2) is 36.5 Å². The maximum absolute atomic E-state index is 9.46. The van der Waals surface area contributed by atoms with Gasteiger partial charge in [-0.2, -0.15) is 10.2 Å². The Morgan fingerprint density at radius 1 is 1.32 bits per heavy atom. The van der Waals surface area contributed by atoms with Crippen LogP contribution in [0.3, 0.4) is 0 Å². The Bertz CT molecular complexity index is 733. The number of nitrogens with zero attached hydrogens (tertiary/aromatic N) is 4. The predicted molar refractivity (Wildman–Crippen MR) is 100 cm³/mol. The molecule has 0 bridgehead atoms. The van der Waals surface area contributed by atoms with E-state index >= 15 is 0 Å². The van der Waals surface area contributed by atoms with Crippen molar-refractivity contribution in [2.45, 2.75) is 39.2 Å². The molecule has 25 heavy (non-hydrogen) atoms. The van der Waals surface area contributed by atoms with Crippen molar-refractivity contribution < 1.29 is 0 Å². The molecule has 1 aliphatic carbocycles. The first-order valence-electron chi connectivity index (χ1n) is 9.04. The summed E-state index contributed by atoms with van der Waals surface area (Å²) in [6.07, 6.45) is 5.23. The van der Waals surface area contributed by atoms with Crippen molar-refractivity contribution in [3.8, 4) is 6.07 Å². The molecule has 130 valence electrons. The molecule has 0 spiro atoms. The average molecular weight is 335 g/mol. The van der Waals surface area contributed by atoms with Gasteiger partial charge in [0.1, 0.15) is 11.6 Å². The van der Waals surface area contributed by atoms with Crippen LogP contribution < -0.4 is 10.2 Å². The van der Waals surface area contributed by atoms with Crippen LogP contribution in [0.2, 0.25) is 0 Å². The Morgan fingerprint density at radius 3 is 2.72 bits per heavy atom. The minimum Gasteiger partial charge on any atom is -0.355 e. The third-order valence-corrected chi connectivity index (χ3v) is 4.50. The highest BCUT2D eigenvalue weighted by molar-refractivity contribution is 5.55. The molecule has 0 aliphatic heterocycles. The first kappa shape index (κ1) is 17.2. The molecule has 1 unspecified atom stereocenters. The third kappa shape index (κ3) is 4.48. The van der Waals surface area contributed by atoms with Gasteiger partial charge in [-0.1, -0.05) is 37.3 Å². The second-order valence-corrected chi connectivity index (χ2v) is 6.71. The van der Waals surface area contributed by atoms with Crippen LogP contribution >= 0.6 is 0 Å². The molecule has 1 atom stereocenters. The van der Waals surface area contributed by atoms with E-state index < -0.39 is 0 Å². The number of aromatic nitrogens is 2. The highest BCUT2D eigenvalue weighted by atomic mass is 15.2. The van der Waals surface area contributed by atoms with Gasteiger partial charge in [-0.3, -0.25) is 0 Å². The molecule has 2 aromatic rings. The van der Waals surface area contributed by atoms with E-state index in [1.165, 1.54) is 18.4 Å². The molecule has 0 saturated heterocycles. The fourth-order valence-corrected chi connectivity index (χ4v) is 2.95. The number of anilines is 2. The van der Waals surface area contributed by atoms with Gasteiger partial charge in [0.2, 0.25) is 5.95 Å². The standard InChI is InChI=1S/C20H25N5/c1-3-11-25(14-16-9-10-16)19-18(12-21)13-22-20(24-19)23-15(2)17-7-5-4-6-8-17/h4-8,13,15-16H,3,9-11,14H2,1-2H3,(H,22,23,24). The molecular weight excluding hydrogens is 310 g/mol. The Hall–Kier alpha value is -2.61. The van der Waals surface area contributed by atoms with Gasteiger partial charge in [-0.25, -0.2) is 4.98 Å². The molecule has 1 aromatic carbocycles. The van der Waals surface area contributed by atoms with E-state index in [9.17, 15) is 5.26 Å². The van der Waals surface area contributed by atoms with Crippen LogP contribution in [0, 0.1) is 17.2 Å². The SMILES string of the molecule is CCCN(CC1CC1)c1nc(NC(C)c2ccccc2)ncc1C#N. The summed E-state index contributed by atoms with van der Waals surface area (Å²) in [6.45, 7) is 6.14. The fourth-order valence-electron chi connectivity index (χ4n) is 2.95. The van der Waals surface area contributed by atoms with Crippen molar-refractivity contribution in [1.29, 1.82) is 5.26 Å². The number of nitriles is 1. The summed E-state index contributed by atoms with van der Waals surface area (Å²) < 4.78 is 0. The summed E-state index contributed by atoms with van der Waals surface area (Å²) in [4.78, 5) is 11.3. The van der Waals surface area contributed by atoms with E-state index in [2.05, 4.69) is 47.3 Å². The summed E-state index contributed by atoms with van der Waals surface area (Å²) >= 11 is 0. The van der Waals surface area contributed by atoms with Gasteiger partial charge < -0.3 is 10.2 Å². The number of nitrogens with one attached hydrogen (secondary N) is 1. The lowest BCUT2D eigenvalue weighted by molar-refractivity contribution is 0.696. The molecule has 1 aromatic heterocycles. The zero-order chi connectivity index (χ0) is 17.6. The van der Waals surface area contributed by atoms with Gasteiger partial charge >= 0.3 is 0 Å². The molecular formula is C20H25N5. The van der Waals surface area contributed by atoms with Crippen LogP contribution in [-0.4, -0.2) is 23.1 Å². The maximum Gasteiger partial charge on any atom is 0.225 e. The zero-order valence-electron chi connectivity index (χ0n) is 14.9. The quantitative estimate of drug-likeness (QED) is 0.785. The van der Waals surface area contributed by atoms with Crippen LogP contribution in [-0.2, 0) is 0 Å². The first-order chi connectivity index (χ1) is 12.2. The molecule has 5 heteroatoms. The van der Waals surface area contributed by atoms with Crippen LogP contribution in [0.1, 0.15) is 50.3 Å². The molecule has 1 saturated carbocycles. The normalized spacial score (nSPS) is 14.6. The summed E-state index contributed by atoms with van der Waals surface area (Å²) in [5, 5.41) is 12.8. The lowest BCUT2D eigenvalue weighted by atomic mass is 10.1. The average Bonchev–Trinajstić information content (AvgIpc) is 3.46. The number of rotatable bonds is 8. The molecule has 3 rings (SSSR count). The molecule has 1 aliphatic rings. The lowest BCUT2D eigenvalue weighted by Gasteiger charge is -2.24. The van der Waals surface area contributed by atoms with Gasteiger partial charge in [0.05, 0.1) is 12.2 Å². The fraction of sp³-hybridized carbons (Fsp3) is 0.450. The maximum atomic E-state index is 9.46. The second kappa shape index (κ2) is 7.98. The zero-order valence-corrected chi connectivity index (χ0v) is 14.9. The van der Waals surface area contributed by atoms with Crippen molar-refractivity contribution in [3.05, 3.63) is 47.7 Å². The van der Waals surface area contributed by atoms with E-state index in [1.807, 2.05) is 18.2 Å². The van der Waals surface area contributed by atoms with Crippen molar-refractivity contribution in [2.75, 3.05) is 23.3 Å². The van der Waals surface area contributed by atoms with Gasteiger partial charge in [0, 0.05) is 13.1 Å². The summed E-state index contributed by atoms with van der Waals surface area (Å²) in [5.41, 5.74) is 1.73. The van der Waals surface area contributed by atoms with Gasteiger partial charge in [-0.15, -0.1) is 0 Å². The number of hydrogen-bond donors (Lipinski definition) is 1. The van der Waals surface area contributed by atoms with Crippen LogP contribution in [0.5, 0.6) is 0 Å². The van der Waals surface area contributed by atoms with Crippen LogP contribution in [0.4, 0.5) is 11.8 Å². The minimum atomic E-state index is 0.102. The summed E-state index contributed by atoms with van der Waals surface area (Å²) in [5.74, 6) is 2.07. The molecule has 5 nitrogen and oxygen atoms in total. The van der Waals surface area contributed by atoms with Crippen molar-refractivity contribution >= 4 is 11.8 Å². The van der Waals surface area contributed by atoms with E-state index in [1.54, 1.807) is 6.20 Å². The Balaban J connectivity index is 1.82. The Morgan fingerprint density at radius 2 is 2.08 bits per heavy atom. The van der Waals surface area contributed by atoms with E-state index in [0.29, 0.717) is 11.5 Å². The number of hydrogen-bond acceptors (Lipinski definition) is 5. The molecule has 1 fully saturated rings. The van der Waals surface area contributed by atoms with E-state index in [0.717, 1.165) is 31.2 Å². The topological polar surface area (TPSA) is 64.8 Å². The van der Waals surface area contributed by atoms with Gasteiger partial charge in [-0.05, 0) is 37.7 Å². The molecule has 1 heterocycles. The first-order valence-corrected chi connectivity index (χ1v) is 9.04. The van der Waals surface area contributed by atoms with Crippen molar-refractivity contribution in [3.63, 3.8) is 0 Å². The monoisotopic (exact) mass is 335 g/mol. The van der Waals surface area contributed by atoms with Crippen molar-refractivity contribution in [1.82, 2.24) is 9.97 Å². The van der Waals surface area contributed by atoms with E-state index in [4.69, 9.17) is 4.98 Å². The highest BCUT2D eigenvalue weighted by Gasteiger charge is 2.26. The number of benzene rings is 1. The summed E-state index contributed by atoms with van der Waals surface area (Å²) in [7, 11) is 0. The summed E-state index contributed by atoms with van der Waals surface area (Å²) in [6, 6.07) is 12.6. The van der Waals surface area contributed by atoms with E-state index in [-0.39, 0.29) is 6.04 Å². The van der Waals surface area contributed by atoms with Gasteiger partial charge in [0.15, 0.2) is 5.82 Å². The largest absolute Gasteiger partial charge is 0.355 e. The second-order valence-electron chi connectivity index (χ2n) is 6.71. The smallest absolute Gasteiger partial charge is 0.225 e. The van der Waals surface area contributed by atoms with Crippen LogP contribution in [0.25, 0.3) is 0 Å². The van der Waals surface area contributed by atoms with Gasteiger partial charge in [0.25, 0.3) is 0 Å². The molecule has 0 radical (unpaired) electrons. The third-order valence-electron chi connectivity index (χ3n) is 4.50. The highest BCUT2D eigenvalue weighted by Crippen LogP contribution is 2.32. The lowest BCUT2D eigenvalue weighted by Crippen LogP contribution is -2.28. The molecule has 1 N–H and O–H groups in total. The van der Waals surface area contributed by atoms with Crippen molar-refractivity contribution in [2.24, 2.45) is 5.92 Å². The minimum absolute atomic E-state index is 0.102. The Kier molecular flexibility index (Phi) is 5.49. The Labute approximate surface area is 149 Å². The molecule has 0 amide bonds.